The Kier molecular flexibility index (Phi) is 4.13. The van der Waals surface area contributed by atoms with Crippen LogP contribution in [0.1, 0.15) is 20.0 Å². The summed E-state index contributed by atoms with van der Waals surface area (Å²) in [6, 6.07) is 6.54. The largest absolute Gasteiger partial charge is 0.463 e. The average molecular weight is 342 g/mol. The van der Waals surface area contributed by atoms with Crippen LogP contribution in [0.15, 0.2) is 41.1 Å². The molecule has 3 rings (SSSR count). The van der Waals surface area contributed by atoms with E-state index in [0.717, 1.165) is 0 Å². The fraction of sp³-hybridized carbons (Fsp3) is 0.125. The molecule has 0 aliphatic carbocycles. The Morgan fingerprint density at radius 2 is 2.08 bits per heavy atom. The molecule has 2 N–H and O–H groups in total. The van der Waals surface area contributed by atoms with E-state index < -0.39 is 5.91 Å². The van der Waals surface area contributed by atoms with Crippen LogP contribution in [0.5, 0.6) is 0 Å². The van der Waals surface area contributed by atoms with Gasteiger partial charge in [-0.05, 0) is 24.3 Å². The monoisotopic (exact) mass is 342 g/mol. The molecule has 0 aliphatic heterocycles. The van der Waals surface area contributed by atoms with Crippen molar-refractivity contribution in [3.05, 3.63) is 47.2 Å². The summed E-state index contributed by atoms with van der Waals surface area (Å²) in [4.78, 5) is 34.4. The summed E-state index contributed by atoms with van der Waals surface area (Å²) < 4.78 is 5.38. The summed E-state index contributed by atoms with van der Waals surface area (Å²) in [7, 11) is 3.33. The second-order valence-electron chi connectivity index (χ2n) is 5.17. The third-order valence-electron chi connectivity index (χ3n) is 3.25. The zero-order valence-electron chi connectivity index (χ0n) is 13.0. The Morgan fingerprint density at radius 3 is 2.71 bits per heavy atom. The van der Waals surface area contributed by atoms with E-state index in [9.17, 15) is 9.59 Å². The molecule has 0 bridgehead atoms. The molecule has 0 saturated heterocycles. The van der Waals surface area contributed by atoms with Crippen LogP contribution in [0.4, 0.5) is 0 Å². The Morgan fingerprint density at radius 1 is 1.29 bits per heavy atom. The lowest BCUT2D eigenvalue weighted by Gasteiger charge is -2.08. The number of amides is 2. The van der Waals surface area contributed by atoms with Gasteiger partial charge in [0.1, 0.15) is 15.6 Å². The summed E-state index contributed by atoms with van der Waals surface area (Å²) in [5.41, 5.74) is 6.55. The maximum absolute atomic E-state index is 12.4. The van der Waals surface area contributed by atoms with Gasteiger partial charge in [-0.1, -0.05) is 0 Å². The third-order valence-corrected chi connectivity index (χ3v) is 4.31. The minimum Gasteiger partial charge on any atom is -0.463 e. The second kappa shape index (κ2) is 6.25. The molecule has 0 saturated carbocycles. The number of carbonyl (C=O) groups excluding carboxylic acids is 2. The molecule has 8 heteroatoms. The SMILES string of the molecule is CN(C)C(=O)c1sc(-c2cc(C(N)=O)ccn2)nc1-c1ccco1. The first-order valence-corrected chi connectivity index (χ1v) is 7.81. The van der Waals surface area contributed by atoms with Gasteiger partial charge in [-0.2, -0.15) is 0 Å². The Labute approximate surface area is 141 Å². The minimum absolute atomic E-state index is 0.184. The average Bonchev–Trinajstić information content (AvgIpc) is 3.23. The van der Waals surface area contributed by atoms with Crippen LogP contribution in [-0.4, -0.2) is 40.8 Å². The van der Waals surface area contributed by atoms with E-state index >= 15 is 0 Å². The molecule has 0 radical (unpaired) electrons. The normalized spacial score (nSPS) is 10.6. The number of carbonyl (C=O) groups is 2. The Bertz CT molecular complexity index is 900. The van der Waals surface area contributed by atoms with Gasteiger partial charge in [0.2, 0.25) is 5.91 Å². The number of aromatic nitrogens is 2. The number of primary amides is 1. The third kappa shape index (κ3) is 2.91. The van der Waals surface area contributed by atoms with Gasteiger partial charge in [0.15, 0.2) is 5.76 Å². The van der Waals surface area contributed by atoms with Gasteiger partial charge >= 0.3 is 0 Å². The molecule has 0 fully saturated rings. The van der Waals surface area contributed by atoms with E-state index in [2.05, 4.69) is 9.97 Å². The summed E-state index contributed by atoms with van der Waals surface area (Å²) in [6.07, 6.45) is 3.00. The number of rotatable bonds is 4. The number of hydrogen-bond acceptors (Lipinski definition) is 6. The zero-order chi connectivity index (χ0) is 17.3. The zero-order valence-corrected chi connectivity index (χ0v) is 13.8. The van der Waals surface area contributed by atoms with Crippen molar-refractivity contribution in [3.8, 4) is 22.2 Å². The number of hydrogen-bond donors (Lipinski definition) is 1. The molecule has 3 aromatic heterocycles. The van der Waals surface area contributed by atoms with Gasteiger partial charge in [-0.25, -0.2) is 4.98 Å². The molecule has 7 nitrogen and oxygen atoms in total. The molecular formula is C16H14N4O3S. The smallest absolute Gasteiger partial charge is 0.265 e. The van der Waals surface area contributed by atoms with E-state index in [0.29, 0.717) is 32.6 Å². The maximum atomic E-state index is 12.4. The molecule has 24 heavy (non-hydrogen) atoms. The predicted molar refractivity (Wildman–Crippen MR) is 89.6 cm³/mol. The van der Waals surface area contributed by atoms with Crippen LogP contribution in [0.3, 0.4) is 0 Å². The summed E-state index contributed by atoms with van der Waals surface area (Å²) in [5.74, 6) is -0.240. The first-order valence-electron chi connectivity index (χ1n) is 7.00. The van der Waals surface area contributed by atoms with Gasteiger partial charge in [0.25, 0.3) is 5.91 Å². The highest BCUT2D eigenvalue weighted by Crippen LogP contribution is 2.34. The standard InChI is InChI=1S/C16H14N4O3S/c1-20(2)16(22)13-12(11-4-3-7-23-11)19-15(24-13)10-8-9(14(17)21)5-6-18-10/h3-8H,1-2H3,(H2,17,21). The van der Waals surface area contributed by atoms with Crippen LogP contribution in [0, 0.1) is 0 Å². The molecular weight excluding hydrogens is 328 g/mol. The van der Waals surface area contributed by atoms with Gasteiger partial charge < -0.3 is 15.1 Å². The Balaban J connectivity index is 2.13. The van der Waals surface area contributed by atoms with Gasteiger partial charge in [0.05, 0.1) is 12.0 Å². The quantitative estimate of drug-likeness (QED) is 0.783. The highest BCUT2D eigenvalue weighted by atomic mass is 32.1. The van der Waals surface area contributed by atoms with Crippen molar-refractivity contribution >= 4 is 23.2 Å². The molecule has 122 valence electrons. The van der Waals surface area contributed by atoms with Gasteiger partial charge in [-0.3, -0.25) is 14.6 Å². The number of furan rings is 1. The second-order valence-corrected chi connectivity index (χ2v) is 6.17. The first-order chi connectivity index (χ1) is 11.5. The molecule has 0 aromatic carbocycles. The minimum atomic E-state index is -0.550. The van der Waals surface area contributed by atoms with Crippen molar-refractivity contribution in [1.29, 1.82) is 0 Å². The van der Waals surface area contributed by atoms with E-state index in [1.54, 1.807) is 32.3 Å². The van der Waals surface area contributed by atoms with Gasteiger partial charge in [-0.15, -0.1) is 11.3 Å². The first kappa shape index (κ1) is 15.9. The molecule has 0 spiro atoms. The van der Waals surface area contributed by atoms with Gasteiger partial charge in [0, 0.05) is 25.9 Å². The lowest BCUT2D eigenvalue weighted by molar-refractivity contribution is 0.0832. The van der Waals surface area contributed by atoms with Crippen molar-refractivity contribution in [3.63, 3.8) is 0 Å². The summed E-state index contributed by atoms with van der Waals surface area (Å²) >= 11 is 1.19. The number of nitrogens with zero attached hydrogens (tertiary/aromatic N) is 3. The highest BCUT2D eigenvalue weighted by Gasteiger charge is 2.23. The molecule has 3 heterocycles. The van der Waals surface area contributed by atoms with E-state index in [-0.39, 0.29) is 5.91 Å². The Hall–Kier alpha value is -3.00. The van der Waals surface area contributed by atoms with E-state index in [1.165, 1.54) is 34.8 Å². The predicted octanol–water partition coefficient (Wildman–Crippen LogP) is 2.27. The van der Waals surface area contributed by atoms with E-state index in [4.69, 9.17) is 10.2 Å². The van der Waals surface area contributed by atoms with E-state index in [1.807, 2.05) is 0 Å². The lowest BCUT2D eigenvalue weighted by Crippen LogP contribution is -2.21. The van der Waals surface area contributed by atoms with Crippen molar-refractivity contribution in [2.24, 2.45) is 5.73 Å². The maximum Gasteiger partial charge on any atom is 0.265 e. The fourth-order valence-electron chi connectivity index (χ4n) is 2.06. The molecule has 0 unspecified atom stereocenters. The van der Waals surface area contributed by atoms with Crippen LogP contribution >= 0.6 is 11.3 Å². The van der Waals surface area contributed by atoms with Crippen molar-refractivity contribution in [2.75, 3.05) is 14.1 Å². The molecule has 0 aliphatic rings. The number of thiazole rings is 1. The lowest BCUT2D eigenvalue weighted by atomic mass is 10.2. The summed E-state index contributed by atoms with van der Waals surface area (Å²) in [6.45, 7) is 0. The van der Waals surface area contributed by atoms with Crippen LogP contribution in [0.2, 0.25) is 0 Å². The number of nitrogens with two attached hydrogens (primary N) is 1. The fourth-order valence-corrected chi connectivity index (χ4v) is 3.12. The topological polar surface area (TPSA) is 102 Å². The summed E-state index contributed by atoms with van der Waals surface area (Å²) in [5, 5.41) is 0.509. The van der Waals surface area contributed by atoms with Crippen molar-refractivity contribution < 1.29 is 14.0 Å². The molecule has 0 atom stereocenters. The van der Waals surface area contributed by atoms with Crippen molar-refractivity contribution in [2.45, 2.75) is 0 Å². The van der Waals surface area contributed by atoms with Crippen LogP contribution in [0.25, 0.3) is 22.2 Å². The highest BCUT2D eigenvalue weighted by molar-refractivity contribution is 7.17. The number of pyridine rings is 1. The molecule has 2 amide bonds. The molecule has 3 aromatic rings. The van der Waals surface area contributed by atoms with Crippen LogP contribution in [-0.2, 0) is 0 Å². The van der Waals surface area contributed by atoms with Crippen LogP contribution < -0.4 is 5.73 Å². The van der Waals surface area contributed by atoms with Crippen molar-refractivity contribution in [1.82, 2.24) is 14.9 Å².